The molecule has 0 saturated carbocycles. The van der Waals surface area contributed by atoms with Crippen molar-refractivity contribution in [1.82, 2.24) is 19.7 Å². The van der Waals surface area contributed by atoms with Gasteiger partial charge in [-0.3, -0.25) is 9.20 Å². The predicted molar refractivity (Wildman–Crippen MR) is 121 cm³/mol. The Morgan fingerprint density at radius 3 is 2.56 bits per heavy atom. The molecule has 0 radical (unpaired) electrons. The second kappa shape index (κ2) is 7.69. The van der Waals surface area contributed by atoms with E-state index >= 15 is 0 Å². The Labute approximate surface area is 184 Å². The normalized spacial score (nSPS) is 19.2. The number of nitrogens with one attached hydrogen (secondary N) is 1. The standard InChI is InChI=1S/C24H25F2N5O/c1-4-27-24(32)16-8-15-20(30-11-13(2)7-14(3)12-30)5-6-28-22(15)31-21-10-18(26)17(25)9-19(21)29-23(16)31/h5-6,8-10,13-14H,4,7,11-12H2,1-3H3,(H,27,32)/t13-,14+. The number of pyridine rings is 2. The molecule has 0 spiro atoms. The predicted octanol–water partition coefficient (Wildman–Crippen LogP) is 4.55. The molecule has 1 N–H and O–H groups in total. The third-order valence-electron chi connectivity index (χ3n) is 6.18. The van der Waals surface area contributed by atoms with Gasteiger partial charge in [0.1, 0.15) is 5.65 Å². The van der Waals surface area contributed by atoms with Crippen molar-refractivity contribution in [2.75, 3.05) is 24.5 Å². The van der Waals surface area contributed by atoms with Crippen molar-refractivity contribution >= 4 is 39.3 Å². The Bertz CT molecular complexity index is 1360. The summed E-state index contributed by atoms with van der Waals surface area (Å²) in [5, 5.41) is 3.61. The molecule has 0 bridgehead atoms. The smallest absolute Gasteiger partial charge is 0.255 e. The van der Waals surface area contributed by atoms with Crippen LogP contribution in [-0.2, 0) is 0 Å². The lowest BCUT2D eigenvalue weighted by Gasteiger charge is -2.37. The van der Waals surface area contributed by atoms with Crippen LogP contribution in [0.25, 0.3) is 27.7 Å². The number of carbonyl (C=O) groups excluding carboxylic acids is 1. The third-order valence-corrected chi connectivity index (χ3v) is 6.18. The number of nitrogens with zero attached hydrogens (tertiary/aromatic N) is 4. The van der Waals surface area contributed by atoms with Gasteiger partial charge in [0.15, 0.2) is 17.3 Å². The number of imidazole rings is 1. The van der Waals surface area contributed by atoms with Gasteiger partial charge < -0.3 is 10.2 Å². The van der Waals surface area contributed by atoms with E-state index in [9.17, 15) is 13.6 Å². The van der Waals surface area contributed by atoms with E-state index in [1.165, 1.54) is 6.42 Å². The Balaban J connectivity index is 1.86. The molecule has 32 heavy (non-hydrogen) atoms. The van der Waals surface area contributed by atoms with Gasteiger partial charge in [-0.2, -0.15) is 0 Å². The van der Waals surface area contributed by atoms with Crippen LogP contribution in [0.1, 0.15) is 37.6 Å². The zero-order valence-corrected chi connectivity index (χ0v) is 18.3. The highest BCUT2D eigenvalue weighted by Crippen LogP contribution is 2.34. The van der Waals surface area contributed by atoms with E-state index < -0.39 is 11.6 Å². The SMILES string of the molecule is CCNC(=O)c1cc2c(N3C[C@H](C)C[C@H](C)C3)ccnc2n2c1nc1cc(F)c(F)cc12. The van der Waals surface area contributed by atoms with Gasteiger partial charge in [-0.25, -0.2) is 18.7 Å². The summed E-state index contributed by atoms with van der Waals surface area (Å²) < 4.78 is 29.8. The van der Waals surface area contributed by atoms with Gasteiger partial charge in [0, 0.05) is 49.0 Å². The minimum atomic E-state index is -0.977. The summed E-state index contributed by atoms with van der Waals surface area (Å²) in [7, 11) is 0. The van der Waals surface area contributed by atoms with Gasteiger partial charge in [-0.1, -0.05) is 13.8 Å². The quantitative estimate of drug-likeness (QED) is 0.511. The van der Waals surface area contributed by atoms with E-state index in [2.05, 4.69) is 34.0 Å². The molecule has 166 valence electrons. The average molecular weight is 437 g/mol. The van der Waals surface area contributed by atoms with E-state index in [-0.39, 0.29) is 11.4 Å². The summed E-state index contributed by atoms with van der Waals surface area (Å²) in [4.78, 5) is 24.3. The maximum absolute atomic E-state index is 14.2. The number of fused-ring (bicyclic) bond motifs is 5. The van der Waals surface area contributed by atoms with E-state index in [1.54, 1.807) is 16.7 Å². The number of aromatic nitrogens is 3. The molecule has 0 unspecified atom stereocenters. The maximum Gasteiger partial charge on any atom is 0.255 e. The van der Waals surface area contributed by atoms with Crippen LogP contribution in [0.3, 0.4) is 0 Å². The van der Waals surface area contributed by atoms with Crippen molar-refractivity contribution in [3.8, 4) is 0 Å². The molecule has 6 nitrogen and oxygen atoms in total. The fourth-order valence-corrected chi connectivity index (χ4v) is 5.00. The molecular formula is C24H25F2N5O. The second-order valence-corrected chi connectivity index (χ2v) is 8.86. The topological polar surface area (TPSA) is 62.5 Å². The molecule has 3 aromatic heterocycles. The lowest BCUT2D eigenvalue weighted by Crippen LogP contribution is -2.38. The first-order valence-electron chi connectivity index (χ1n) is 11.0. The van der Waals surface area contributed by atoms with Crippen molar-refractivity contribution in [3.63, 3.8) is 0 Å². The second-order valence-electron chi connectivity index (χ2n) is 8.86. The fourth-order valence-electron chi connectivity index (χ4n) is 5.00. The minimum absolute atomic E-state index is 0.273. The Morgan fingerprint density at radius 1 is 1.12 bits per heavy atom. The molecule has 0 aliphatic carbocycles. The van der Waals surface area contributed by atoms with Gasteiger partial charge in [-0.05, 0) is 37.3 Å². The van der Waals surface area contributed by atoms with Crippen LogP contribution in [0.5, 0.6) is 0 Å². The van der Waals surface area contributed by atoms with E-state index in [0.717, 1.165) is 36.3 Å². The first-order chi connectivity index (χ1) is 15.4. The summed E-state index contributed by atoms with van der Waals surface area (Å²) in [6.45, 7) is 8.58. The van der Waals surface area contributed by atoms with Crippen LogP contribution in [-0.4, -0.2) is 39.9 Å². The number of anilines is 1. The van der Waals surface area contributed by atoms with Crippen molar-refractivity contribution in [2.24, 2.45) is 11.8 Å². The van der Waals surface area contributed by atoms with Crippen LogP contribution in [0.15, 0.2) is 30.5 Å². The highest BCUT2D eigenvalue weighted by molar-refractivity contribution is 6.07. The number of amides is 1. The van der Waals surface area contributed by atoms with Gasteiger partial charge in [0.2, 0.25) is 0 Å². The highest BCUT2D eigenvalue weighted by Gasteiger charge is 2.26. The summed E-state index contributed by atoms with van der Waals surface area (Å²) >= 11 is 0. The van der Waals surface area contributed by atoms with Gasteiger partial charge in [-0.15, -0.1) is 0 Å². The maximum atomic E-state index is 14.2. The number of halogens is 2. The van der Waals surface area contributed by atoms with Crippen molar-refractivity contribution in [2.45, 2.75) is 27.2 Å². The van der Waals surface area contributed by atoms with Gasteiger partial charge in [0.25, 0.3) is 5.91 Å². The number of piperidine rings is 1. The Kier molecular flexibility index (Phi) is 4.95. The van der Waals surface area contributed by atoms with E-state index in [1.807, 2.05) is 13.0 Å². The zero-order chi connectivity index (χ0) is 22.6. The number of hydrogen-bond donors (Lipinski definition) is 1. The fraction of sp³-hybridized carbons (Fsp3) is 0.375. The molecule has 5 rings (SSSR count). The van der Waals surface area contributed by atoms with Gasteiger partial charge in [0.05, 0.1) is 16.6 Å². The van der Waals surface area contributed by atoms with Gasteiger partial charge >= 0.3 is 0 Å². The molecule has 4 aromatic rings. The van der Waals surface area contributed by atoms with E-state index in [4.69, 9.17) is 0 Å². The van der Waals surface area contributed by atoms with Crippen LogP contribution < -0.4 is 10.2 Å². The average Bonchev–Trinajstić information content (AvgIpc) is 3.10. The van der Waals surface area contributed by atoms with E-state index in [0.29, 0.717) is 40.8 Å². The number of benzene rings is 1. The van der Waals surface area contributed by atoms with Crippen LogP contribution in [0.4, 0.5) is 14.5 Å². The molecule has 8 heteroatoms. The van der Waals surface area contributed by atoms with Crippen LogP contribution >= 0.6 is 0 Å². The molecule has 4 heterocycles. The van der Waals surface area contributed by atoms with Crippen molar-refractivity contribution < 1.29 is 13.6 Å². The molecule has 1 saturated heterocycles. The Hall–Kier alpha value is -3.29. The number of rotatable bonds is 3. The third kappa shape index (κ3) is 3.25. The lowest BCUT2D eigenvalue weighted by atomic mass is 9.91. The van der Waals surface area contributed by atoms with Crippen molar-refractivity contribution in [3.05, 3.63) is 47.7 Å². The minimum Gasteiger partial charge on any atom is -0.370 e. The largest absolute Gasteiger partial charge is 0.370 e. The van der Waals surface area contributed by atoms with Crippen LogP contribution in [0.2, 0.25) is 0 Å². The summed E-state index contributed by atoms with van der Waals surface area (Å²) in [5.41, 5.74) is 2.86. The van der Waals surface area contributed by atoms with Crippen molar-refractivity contribution in [1.29, 1.82) is 0 Å². The summed E-state index contributed by atoms with van der Waals surface area (Å²) in [6, 6.07) is 5.94. The number of carbonyl (C=O) groups is 1. The first kappa shape index (κ1) is 20.6. The zero-order valence-electron chi connectivity index (χ0n) is 18.3. The summed E-state index contributed by atoms with van der Waals surface area (Å²) in [5.74, 6) is -1.15. The molecule has 1 fully saturated rings. The molecular weight excluding hydrogens is 412 g/mol. The van der Waals surface area contributed by atoms with Crippen LogP contribution in [0, 0.1) is 23.5 Å². The monoisotopic (exact) mass is 437 g/mol. The Morgan fingerprint density at radius 2 is 1.84 bits per heavy atom. The first-order valence-corrected chi connectivity index (χ1v) is 11.0. The molecule has 2 atom stereocenters. The number of hydrogen-bond acceptors (Lipinski definition) is 4. The molecule has 1 amide bonds. The highest BCUT2D eigenvalue weighted by atomic mass is 19.2. The lowest BCUT2D eigenvalue weighted by molar-refractivity contribution is 0.0957. The molecule has 1 aliphatic rings. The summed E-state index contributed by atoms with van der Waals surface area (Å²) in [6.07, 6.45) is 2.89. The molecule has 1 aliphatic heterocycles. The molecule has 1 aromatic carbocycles.